The SMILES string of the molecule is O=P(C[C@H]1OCC[C@H]2[O][Al]([Cl])[O][C@@H]12)(c1ccccc1)c1ccccc1. The Balaban J connectivity index is 1.69. The van der Waals surface area contributed by atoms with Gasteiger partial charge in [-0.3, -0.25) is 0 Å². The maximum Gasteiger partial charge on any atom is 0.813 e. The van der Waals surface area contributed by atoms with Crippen LogP contribution in [0.4, 0.5) is 0 Å². The maximum absolute atomic E-state index is 14.2. The van der Waals surface area contributed by atoms with E-state index >= 15 is 0 Å². The van der Waals surface area contributed by atoms with Crippen LogP contribution in [-0.2, 0) is 16.9 Å². The Morgan fingerprint density at radius 1 is 1.00 bits per heavy atom. The molecular weight excluding hydrogens is 374 g/mol. The van der Waals surface area contributed by atoms with E-state index in [4.69, 9.17) is 22.4 Å². The highest BCUT2D eigenvalue weighted by Gasteiger charge is 2.50. The summed E-state index contributed by atoms with van der Waals surface area (Å²) >= 11 is -2.11. The van der Waals surface area contributed by atoms with E-state index in [9.17, 15) is 4.57 Å². The summed E-state index contributed by atoms with van der Waals surface area (Å²) in [4.78, 5) is 0. The quantitative estimate of drug-likeness (QED) is 0.593. The molecule has 0 N–H and O–H groups in total. The van der Waals surface area contributed by atoms with Crippen LogP contribution in [0.25, 0.3) is 0 Å². The maximum atomic E-state index is 14.2. The molecule has 0 aliphatic carbocycles. The number of rotatable bonds is 4. The van der Waals surface area contributed by atoms with Crippen LogP contribution in [0.1, 0.15) is 6.42 Å². The van der Waals surface area contributed by atoms with Crippen molar-refractivity contribution in [3.8, 4) is 0 Å². The molecule has 0 unspecified atom stereocenters. The predicted molar refractivity (Wildman–Crippen MR) is 100 cm³/mol. The fourth-order valence-corrected chi connectivity index (χ4v) is 8.38. The minimum Gasteiger partial charge on any atom is -0.461 e. The van der Waals surface area contributed by atoms with Crippen LogP contribution >= 0.6 is 17.2 Å². The number of fused-ring (bicyclic) bond motifs is 1. The summed E-state index contributed by atoms with van der Waals surface area (Å²) in [5.41, 5.74) is 0. The molecule has 4 nitrogen and oxygen atoms in total. The van der Waals surface area contributed by atoms with Gasteiger partial charge in [0.1, 0.15) is 7.14 Å². The van der Waals surface area contributed by atoms with Gasteiger partial charge in [-0.05, 0) is 6.42 Å². The molecule has 2 aromatic carbocycles. The van der Waals surface area contributed by atoms with E-state index in [0.717, 1.165) is 17.0 Å². The third kappa shape index (κ3) is 3.61. The Hall–Kier alpha value is -0.628. The fourth-order valence-electron chi connectivity index (χ4n) is 3.56. The first-order chi connectivity index (χ1) is 12.2. The molecule has 2 aliphatic heterocycles. The minimum absolute atomic E-state index is 0.0343. The summed E-state index contributed by atoms with van der Waals surface area (Å²) in [5, 5.41) is 1.68. The number of hydrogen-bond acceptors (Lipinski definition) is 4. The molecule has 2 fully saturated rings. The summed E-state index contributed by atoms with van der Waals surface area (Å²) < 4.78 is 31.7. The van der Waals surface area contributed by atoms with Gasteiger partial charge in [0.05, 0.1) is 18.3 Å². The van der Waals surface area contributed by atoms with Gasteiger partial charge in [-0.15, -0.1) is 0 Å². The van der Waals surface area contributed by atoms with Gasteiger partial charge in [-0.2, -0.15) is 10.0 Å². The molecule has 3 atom stereocenters. The van der Waals surface area contributed by atoms with Gasteiger partial charge in [-0.1, -0.05) is 60.7 Å². The Labute approximate surface area is 156 Å². The lowest BCUT2D eigenvalue weighted by Crippen LogP contribution is -2.45. The third-order valence-corrected chi connectivity index (χ3v) is 9.64. The van der Waals surface area contributed by atoms with E-state index < -0.39 is 21.0 Å². The molecule has 4 rings (SSSR count). The molecule has 2 heterocycles. The number of benzene rings is 2. The second kappa shape index (κ2) is 7.55. The Morgan fingerprint density at radius 2 is 1.60 bits per heavy atom. The largest absolute Gasteiger partial charge is 0.813 e. The van der Waals surface area contributed by atoms with E-state index in [1.54, 1.807) is 0 Å². The van der Waals surface area contributed by atoms with Crippen LogP contribution in [0.3, 0.4) is 0 Å². The zero-order valence-corrected chi connectivity index (χ0v) is 16.5. The molecule has 0 saturated carbocycles. The van der Waals surface area contributed by atoms with Gasteiger partial charge in [-0.25, -0.2) is 0 Å². The molecule has 25 heavy (non-hydrogen) atoms. The molecule has 0 amide bonds. The molecule has 0 spiro atoms. The molecular formula is C18H19AlClO4P. The first-order valence-electron chi connectivity index (χ1n) is 8.44. The summed E-state index contributed by atoms with van der Waals surface area (Å²) in [7, 11) is 3.28. The fraction of sp³-hybridized carbons (Fsp3) is 0.333. The molecule has 0 bridgehead atoms. The van der Waals surface area contributed by atoms with E-state index in [1.807, 2.05) is 60.7 Å². The average Bonchev–Trinajstić information content (AvgIpc) is 3.04. The molecule has 7 heteroatoms. The van der Waals surface area contributed by atoms with E-state index in [0.29, 0.717) is 12.8 Å². The lowest BCUT2D eigenvalue weighted by atomic mass is 10.0. The normalized spacial score (nSPS) is 26.4. The highest BCUT2D eigenvalue weighted by atomic mass is 35.6. The summed E-state index contributed by atoms with van der Waals surface area (Å²) in [6, 6.07) is 19.3. The number of hydrogen-bond donors (Lipinski definition) is 0. The molecule has 2 aliphatic rings. The Kier molecular flexibility index (Phi) is 5.36. The molecule has 0 radical (unpaired) electrons. The highest BCUT2D eigenvalue weighted by Crippen LogP contribution is 2.46. The van der Waals surface area contributed by atoms with Crippen molar-refractivity contribution in [2.45, 2.75) is 24.7 Å². The summed E-state index contributed by atoms with van der Waals surface area (Å²) in [5.74, 6) is 0. The van der Waals surface area contributed by atoms with E-state index in [1.165, 1.54) is 0 Å². The van der Waals surface area contributed by atoms with Crippen molar-refractivity contribution in [3.63, 3.8) is 0 Å². The predicted octanol–water partition coefficient (Wildman–Crippen LogP) is 2.80. The van der Waals surface area contributed by atoms with Crippen LogP contribution in [0, 0.1) is 0 Å². The van der Waals surface area contributed by atoms with Crippen molar-refractivity contribution in [3.05, 3.63) is 60.7 Å². The molecule has 0 aromatic heterocycles. The summed E-state index contributed by atoms with van der Waals surface area (Å²) in [6.45, 7) is 0.580. The van der Waals surface area contributed by atoms with E-state index in [2.05, 4.69) is 0 Å². The highest BCUT2D eigenvalue weighted by molar-refractivity contribution is 7.78. The third-order valence-electron chi connectivity index (χ3n) is 4.80. The summed E-state index contributed by atoms with van der Waals surface area (Å²) in [6.07, 6.45) is 0.639. The number of ether oxygens (including phenoxy) is 1. The van der Waals surface area contributed by atoms with E-state index in [-0.39, 0.29) is 18.3 Å². The van der Waals surface area contributed by atoms with Crippen LogP contribution in [0.15, 0.2) is 60.7 Å². The second-order valence-electron chi connectivity index (χ2n) is 6.34. The first kappa shape index (κ1) is 17.8. The van der Waals surface area contributed by atoms with Crippen LogP contribution in [0.5, 0.6) is 0 Å². The van der Waals surface area contributed by atoms with Crippen molar-refractivity contribution in [2.75, 3.05) is 12.8 Å². The molecule has 2 saturated heterocycles. The lowest BCUT2D eigenvalue weighted by molar-refractivity contribution is -0.0710. The van der Waals surface area contributed by atoms with Crippen LogP contribution < -0.4 is 10.6 Å². The average molecular weight is 393 g/mol. The smallest absolute Gasteiger partial charge is 0.461 e. The van der Waals surface area contributed by atoms with Gasteiger partial charge >= 0.3 is 13.9 Å². The second-order valence-corrected chi connectivity index (χ2v) is 11.4. The van der Waals surface area contributed by atoms with Crippen molar-refractivity contribution in [1.29, 1.82) is 0 Å². The molecule has 130 valence electrons. The first-order valence-corrected chi connectivity index (χ1v) is 13.0. The van der Waals surface area contributed by atoms with Crippen molar-refractivity contribution >= 4 is 41.7 Å². The van der Waals surface area contributed by atoms with Crippen molar-refractivity contribution < 1.29 is 16.9 Å². The van der Waals surface area contributed by atoms with Gasteiger partial charge in [0.25, 0.3) is 0 Å². The van der Waals surface area contributed by atoms with Crippen LogP contribution in [-0.4, -0.2) is 45.0 Å². The van der Waals surface area contributed by atoms with Crippen LogP contribution in [0.2, 0.25) is 0 Å². The van der Waals surface area contributed by atoms with Crippen molar-refractivity contribution in [1.82, 2.24) is 0 Å². The minimum atomic E-state index is -2.85. The lowest BCUT2D eigenvalue weighted by Gasteiger charge is -2.35. The molecule has 2 aromatic rings. The van der Waals surface area contributed by atoms with Gasteiger partial charge in [0, 0.05) is 23.4 Å². The van der Waals surface area contributed by atoms with Gasteiger partial charge in [0.15, 0.2) is 0 Å². The Morgan fingerprint density at radius 3 is 2.20 bits per heavy atom. The van der Waals surface area contributed by atoms with Gasteiger partial charge < -0.3 is 16.9 Å². The topological polar surface area (TPSA) is 44.8 Å². The zero-order chi connectivity index (χ0) is 17.3. The van der Waals surface area contributed by atoms with Crippen molar-refractivity contribution in [2.24, 2.45) is 0 Å². The monoisotopic (exact) mass is 392 g/mol. The zero-order valence-electron chi connectivity index (χ0n) is 13.7. The standard InChI is InChI=1S/C18H19O4P.Al.ClH/c19-16-11-12-22-17(18(16)20)13-23(21,14-7-3-1-4-8-14)15-9-5-2-6-10-15;;/h1-10,16-18H,11-13H2;;1H/q-2;+3;/p-1/t16-,17-,18-;;/m1../s1. The Bertz CT molecular complexity index is 717. The number of halogens is 1. The van der Waals surface area contributed by atoms with Gasteiger partial charge in [0.2, 0.25) is 0 Å².